The highest BCUT2D eigenvalue weighted by Gasteiger charge is 2.19. The van der Waals surface area contributed by atoms with Gasteiger partial charge in [0.15, 0.2) is 5.75 Å². The van der Waals surface area contributed by atoms with E-state index in [1.54, 1.807) is 6.07 Å². The minimum Gasteiger partial charge on any atom is -0.423 e. The lowest BCUT2D eigenvalue weighted by Gasteiger charge is -2.25. The van der Waals surface area contributed by atoms with Crippen LogP contribution in [0.2, 0.25) is 0 Å². The van der Waals surface area contributed by atoms with Gasteiger partial charge in [-0.2, -0.15) is 0 Å². The van der Waals surface area contributed by atoms with Gasteiger partial charge in [0.25, 0.3) is 0 Å². The van der Waals surface area contributed by atoms with Crippen LogP contribution in [0.25, 0.3) is 0 Å². The summed E-state index contributed by atoms with van der Waals surface area (Å²) in [4.78, 5) is 12.8. The number of benzene rings is 1. The third-order valence-electron chi connectivity index (χ3n) is 1.87. The van der Waals surface area contributed by atoms with E-state index in [-0.39, 0.29) is 5.97 Å². The minimum atomic E-state index is -0.198. The quantitative estimate of drug-likeness (QED) is 0.423. The van der Waals surface area contributed by atoms with Crippen LogP contribution in [0.15, 0.2) is 24.3 Å². The number of anilines is 1. The lowest BCUT2D eigenvalue weighted by Crippen LogP contribution is -2.33. The summed E-state index contributed by atoms with van der Waals surface area (Å²) in [6.45, 7) is 0.330. The van der Waals surface area contributed by atoms with Crippen molar-refractivity contribution >= 4 is 11.7 Å². The smallest absolute Gasteiger partial charge is 0.330 e. The fourth-order valence-electron chi connectivity index (χ4n) is 1.29. The van der Waals surface area contributed by atoms with Gasteiger partial charge in [0.1, 0.15) is 6.54 Å². The molecule has 62 valence electrons. The van der Waals surface area contributed by atoms with Gasteiger partial charge in [0.2, 0.25) is 0 Å². The number of carbonyl (C=O) groups is 1. The van der Waals surface area contributed by atoms with Crippen LogP contribution in [0.4, 0.5) is 5.69 Å². The van der Waals surface area contributed by atoms with Crippen molar-refractivity contribution in [2.75, 3.05) is 18.5 Å². The Balaban J connectivity index is 2.47. The number of fused-ring (bicyclic) bond motifs is 1. The summed E-state index contributed by atoms with van der Waals surface area (Å²) >= 11 is 0. The summed E-state index contributed by atoms with van der Waals surface area (Å²) in [7, 11) is 1.87. The molecule has 0 atom stereocenters. The van der Waals surface area contributed by atoms with E-state index in [0.29, 0.717) is 12.3 Å². The lowest BCUT2D eigenvalue weighted by atomic mass is 10.2. The molecule has 0 saturated carbocycles. The van der Waals surface area contributed by atoms with Gasteiger partial charge in [-0.1, -0.05) is 12.1 Å². The van der Waals surface area contributed by atoms with Gasteiger partial charge >= 0.3 is 5.97 Å². The van der Waals surface area contributed by atoms with Crippen LogP contribution >= 0.6 is 0 Å². The van der Waals surface area contributed by atoms with Crippen LogP contribution in [0.5, 0.6) is 5.75 Å². The molecule has 0 radical (unpaired) electrons. The van der Waals surface area contributed by atoms with Gasteiger partial charge < -0.3 is 9.64 Å². The van der Waals surface area contributed by atoms with Crippen molar-refractivity contribution in [3.63, 3.8) is 0 Å². The molecule has 1 aromatic rings. The molecule has 2 rings (SSSR count). The van der Waals surface area contributed by atoms with E-state index in [1.807, 2.05) is 30.1 Å². The molecule has 0 unspecified atom stereocenters. The molecule has 3 heteroatoms. The second-order valence-corrected chi connectivity index (χ2v) is 2.80. The summed E-state index contributed by atoms with van der Waals surface area (Å²) in [5, 5.41) is 0. The Bertz CT molecular complexity index is 322. The van der Waals surface area contributed by atoms with E-state index in [1.165, 1.54) is 0 Å². The largest absolute Gasteiger partial charge is 0.423 e. The average molecular weight is 163 g/mol. The highest BCUT2D eigenvalue weighted by Crippen LogP contribution is 2.29. The summed E-state index contributed by atoms with van der Waals surface area (Å²) in [6.07, 6.45) is 0. The van der Waals surface area contributed by atoms with E-state index in [2.05, 4.69) is 0 Å². The minimum absolute atomic E-state index is 0.198. The number of hydrogen-bond donors (Lipinski definition) is 0. The molecule has 0 aromatic heterocycles. The molecule has 0 fully saturated rings. The first-order chi connectivity index (χ1) is 5.77. The zero-order valence-electron chi connectivity index (χ0n) is 6.78. The third-order valence-corrected chi connectivity index (χ3v) is 1.87. The summed E-state index contributed by atoms with van der Waals surface area (Å²) in [5.41, 5.74) is 0.970. The molecule has 0 aliphatic carbocycles. The lowest BCUT2D eigenvalue weighted by molar-refractivity contribution is -0.133. The predicted molar refractivity (Wildman–Crippen MR) is 45.3 cm³/mol. The topological polar surface area (TPSA) is 29.5 Å². The number of likely N-dealkylation sites (N-methyl/N-ethyl adjacent to an activating group) is 1. The number of esters is 1. The van der Waals surface area contributed by atoms with E-state index in [0.717, 1.165) is 5.69 Å². The van der Waals surface area contributed by atoms with Crippen LogP contribution in [-0.2, 0) is 4.79 Å². The number of ether oxygens (including phenoxy) is 1. The second-order valence-electron chi connectivity index (χ2n) is 2.80. The van der Waals surface area contributed by atoms with Crippen LogP contribution < -0.4 is 9.64 Å². The van der Waals surface area contributed by atoms with Crippen molar-refractivity contribution in [3.05, 3.63) is 24.3 Å². The van der Waals surface area contributed by atoms with E-state index >= 15 is 0 Å². The third kappa shape index (κ3) is 1.03. The highest BCUT2D eigenvalue weighted by atomic mass is 16.5. The van der Waals surface area contributed by atoms with Gasteiger partial charge in [-0.05, 0) is 12.1 Å². The van der Waals surface area contributed by atoms with Crippen molar-refractivity contribution in [2.45, 2.75) is 0 Å². The Kier molecular flexibility index (Phi) is 1.50. The Morgan fingerprint density at radius 3 is 3.00 bits per heavy atom. The molecule has 1 aliphatic rings. The first kappa shape index (κ1) is 7.16. The molecule has 0 amide bonds. The number of nitrogens with zero attached hydrogens (tertiary/aromatic N) is 1. The van der Waals surface area contributed by atoms with Gasteiger partial charge in [-0.15, -0.1) is 0 Å². The summed E-state index contributed by atoms with van der Waals surface area (Å²) in [5.74, 6) is 0.451. The fourth-order valence-corrected chi connectivity index (χ4v) is 1.29. The van der Waals surface area contributed by atoms with Crippen molar-refractivity contribution in [3.8, 4) is 5.75 Å². The van der Waals surface area contributed by atoms with Crippen LogP contribution in [0, 0.1) is 0 Å². The van der Waals surface area contributed by atoms with Crippen LogP contribution in [-0.4, -0.2) is 19.6 Å². The monoisotopic (exact) mass is 163 g/mol. The predicted octanol–water partition coefficient (Wildman–Crippen LogP) is 1.04. The molecular weight excluding hydrogens is 154 g/mol. The Labute approximate surface area is 70.6 Å². The molecule has 1 aromatic carbocycles. The van der Waals surface area contributed by atoms with Crippen molar-refractivity contribution in [1.29, 1.82) is 0 Å². The van der Waals surface area contributed by atoms with Crippen LogP contribution in [0.3, 0.4) is 0 Å². The molecule has 0 spiro atoms. The van der Waals surface area contributed by atoms with Gasteiger partial charge in [-0.25, -0.2) is 4.79 Å². The number of carbonyl (C=O) groups excluding carboxylic acids is 1. The molecule has 12 heavy (non-hydrogen) atoms. The average Bonchev–Trinajstić information content (AvgIpc) is 2.04. The van der Waals surface area contributed by atoms with E-state index in [9.17, 15) is 4.79 Å². The number of rotatable bonds is 0. The normalized spacial score (nSPS) is 15.4. The Hall–Kier alpha value is -1.51. The van der Waals surface area contributed by atoms with Crippen molar-refractivity contribution < 1.29 is 9.53 Å². The summed E-state index contributed by atoms with van der Waals surface area (Å²) < 4.78 is 5.02. The second kappa shape index (κ2) is 2.52. The zero-order chi connectivity index (χ0) is 8.55. The van der Waals surface area contributed by atoms with Gasteiger partial charge in [-0.3, -0.25) is 0 Å². The summed E-state index contributed by atoms with van der Waals surface area (Å²) in [6, 6.07) is 7.50. The van der Waals surface area contributed by atoms with Gasteiger partial charge in [0.05, 0.1) is 5.69 Å². The first-order valence-corrected chi connectivity index (χ1v) is 3.78. The molecule has 3 nitrogen and oxygen atoms in total. The molecule has 1 aliphatic heterocycles. The highest BCUT2D eigenvalue weighted by molar-refractivity contribution is 5.83. The number of hydrogen-bond acceptors (Lipinski definition) is 3. The Morgan fingerprint density at radius 2 is 2.17 bits per heavy atom. The first-order valence-electron chi connectivity index (χ1n) is 3.78. The molecule has 0 saturated heterocycles. The number of para-hydroxylation sites is 2. The molecular formula is C9H9NO2. The van der Waals surface area contributed by atoms with Crippen molar-refractivity contribution in [2.24, 2.45) is 0 Å². The fraction of sp³-hybridized carbons (Fsp3) is 0.222. The molecule has 1 heterocycles. The maximum Gasteiger partial charge on any atom is 0.330 e. The SMILES string of the molecule is CN1CC(=O)Oc2ccccc21. The molecule has 0 bridgehead atoms. The van der Waals surface area contributed by atoms with Gasteiger partial charge in [0, 0.05) is 7.05 Å². The van der Waals surface area contributed by atoms with E-state index < -0.39 is 0 Å². The molecule has 0 N–H and O–H groups in total. The van der Waals surface area contributed by atoms with Crippen LogP contribution in [0.1, 0.15) is 0 Å². The zero-order valence-corrected chi connectivity index (χ0v) is 6.78. The Morgan fingerprint density at radius 1 is 1.42 bits per heavy atom. The van der Waals surface area contributed by atoms with E-state index in [4.69, 9.17) is 4.74 Å². The maximum atomic E-state index is 11.0. The maximum absolute atomic E-state index is 11.0. The van der Waals surface area contributed by atoms with Crippen molar-refractivity contribution in [1.82, 2.24) is 0 Å². The standard InChI is InChI=1S/C9H9NO2/c1-10-6-9(11)12-8-5-3-2-4-7(8)10/h2-5H,6H2,1H3.